The molecule has 9 heteroatoms. The topological polar surface area (TPSA) is 105 Å². The van der Waals surface area contributed by atoms with Gasteiger partial charge in [0.1, 0.15) is 17.1 Å². The molecule has 8 nitrogen and oxygen atoms in total. The minimum Gasteiger partial charge on any atom is -0.497 e. The van der Waals surface area contributed by atoms with Crippen LogP contribution in [-0.2, 0) is 0 Å². The van der Waals surface area contributed by atoms with Crippen molar-refractivity contribution in [1.82, 2.24) is 35.1 Å². The van der Waals surface area contributed by atoms with Crippen molar-refractivity contribution in [2.24, 2.45) is 0 Å². The van der Waals surface area contributed by atoms with Crippen LogP contribution in [0.2, 0.25) is 0 Å². The average Bonchev–Trinajstić information content (AvgIpc) is 3.47. The van der Waals surface area contributed by atoms with Crippen molar-refractivity contribution in [2.45, 2.75) is 0 Å². The molecule has 2 N–H and O–H groups in total. The molecule has 0 fully saturated rings. The van der Waals surface area contributed by atoms with Gasteiger partial charge in [0.25, 0.3) is 0 Å². The van der Waals surface area contributed by atoms with Gasteiger partial charge in [-0.2, -0.15) is 5.10 Å². The lowest BCUT2D eigenvalue weighted by Gasteiger charge is -2.06. The Bertz CT molecular complexity index is 1620. The van der Waals surface area contributed by atoms with Crippen LogP contribution in [0.3, 0.4) is 0 Å². The predicted octanol–water partition coefficient (Wildman–Crippen LogP) is 4.77. The van der Waals surface area contributed by atoms with E-state index in [2.05, 4.69) is 25.1 Å². The van der Waals surface area contributed by atoms with E-state index in [1.807, 2.05) is 24.3 Å². The van der Waals surface area contributed by atoms with Crippen LogP contribution in [0.1, 0.15) is 0 Å². The van der Waals surface area contributed by atoms with Crippen LogP contribution in [0.25, 0.3) is 56.0 Å². The fourth-order valence-electron chi connectivity index (χ4n) is 3.84. The molecular formula is C24H16FN7O. The molecule has 0 saturated carbocycles. The number of nitrogens with zero attached hydrogens (tertiary/aromatic N) is 5. The molecule has 0 spiro atoms. The molecule has 5 aromatic heterocycles. The first kappa shape index (κ1) is 19.1. The number of hydrogen-bond donors (Lipinski definition) is 2. The maximum absolute atomic E-state index is 14.1. The first-order valence-electron chi connectivity index (χ1n) is 10.1. The monoisotopic (exact) mass is 437 g/mol. The number of aromatic amines is 2. The minimum absolute atomic E-state index is 0.400. The number of hydrogen-bond acceptors (Lipinski definition) is 6. The molecular weight excluding hydrogens is 421 g/mol. The lowest BCUT2D eigenvalue weighted by molar-refractivity contribution is 0.411. The standard InChI is InChI=1S/C24H16FN7O/c1-33-16-9-14(8-15(25)10-16)17-11-27-12-20-21(17)30-24(29-20)23-22-19(31-32-23)3-2-18(28-22)13-4-6-26-7-5-13/h2-12H,1H3,(H,29,30)(H,31,32). The third kappa shape index (κ3) is 3.26. The fourth-order valence-corrected chi connectivity index (χ4v) is 3.84. The Morgan fingerprint density at radius 2 is 1.73 bits per heavy atom. The Morgan fingerprint density at radius 1 is 0.848 bits per heavy atom. The zero-order valence-electron chi connectivity index (χ0n) is 17.4. The molecule has 0 saturated heterocycles. The molecule has 5 heterocycles. The van der Waals surface area contributed by atoms with Crippen molar-refractivity contribution in [3.8, 4) is 39.7 Å². The van der Waals surface area contributed by atoms with Gasteiger partial charge in [0.15, 0.2) is 11.5 Å². The SMILES string of the molecule is COc1cc(F)cc(-c2cncc3[nH]c(-c4n[nH]c5ccc(-c6ccncc6)nc45)nc23)c1. The van der Waals surface area contributed by atoms with Crippen molar-refractivity contribution < 1.29 is 9.13 Å². The van der Waals surface area contributed by atoms with E-state index >= 15 is 0 Å². The first-order chi connectivity index (χ1) is 16.2. The predicted molar refractivity (Wildman–Crippen MR) is 122 cm³/mol. The Morgan fingerprint density at radius 3 is 2.58 bits per heavy atom. The highest BCUT2D eigenvalue weighted by Gasteiger charge is 2.17. The van der Waals surface area contributed by atoms with Crippen LogP contribution in [0.4, 0.5) is 4.39 Å². The molecule has 0 unspecified atom stereocenters. The van der Waals surface area contributed by atoms with E-state index < -0.39 is 5.82 Å². The highest BCUT2D eigenvalue weighted by atomic mass is 19.1. The summed E-state index contributed by atoms with van der Waals surface area (Å²) in [6, 6.07) is 12.2. The van der Waals surface area contributed by atoms with E-state index in [-0.39, 0.29) is 0 Å². The third-order valence-corrected chi connectivity index (χ3v) is 5.42. The van der Waals surface area contributed by atoms with E-state index in [1.165, 1.54) is 19.2 Å². The summed E-state index contributed by atoms with van der Waals surface area (Å²) < 4.78 is 19.3. The van der Waals surface area contributed by atoms with Crippen molar-refractivity contribution >= 4 is 22.1 Å². The number of rotatable bonds is 4. The maximum atomic E-state index is 14.1. The highest BCUT2D eigenvalue weighted by molar-refractivity contribution is 5.95. The van der Waals surface area contributed by atoms with Crippen molar-refractivity contribution in [2.75, 3.05) is 7.11 Å². The maximum Gasteiger partial charge on any atom is 0.161 e. The Labute approximate surface area is 186 Å². The number of ether oxygens (including phenoxy) is 1. The molecule has 0 bridgehead atoms. The molecule has 0 aliphatic heterocycles. The Balaban J connectivity index is 1.50. The lowest BCUT2D eigenvalue weighted by Crippen LogP contribution is -1.89. The van der Waals surface area contributed by atoms with Crippen LogP contribution < -0.4 is 4.74 Å². The smallest absolute Gasteiger partial charge is 0.161 e. The van der Waals surface area contributed by atoms with Gasteiger partial charge in [0.05, 0.1) is 35.6 Å². The molecule has 0 aliphatic carbocycles. The summed E-state index contributed by atoms with van der Waals surface area (Å²) in [6.07, 6.45) is 6.79. The zero-order chi connectivity index (χ0) is 22.4. The zero-order valence-corrected chi connectivity index (χ0v) is 17.4. The van der Waals surface area contributed by atoms with Gasteiger partial charge in [0, 0.05) is 35.8 Å². The van der Waals surface area contributed by atoms with Gasteiger partial charge in [-0.1, -0.05) is 0 Å². The molecule has 33 heavy (non-hydrogen) atoms. The molecule has 0 amide bonds. The van der Waals surface area contributed by atoms with E-state index in [9.17, 15) is 4.39 Å². The fraction of sp³-hybridized carbons (Fsp3) is 0.0417. The number of imidazole rings is 1. The van der Waals surface area contributed by atoms with Gasteiger partial charge < -0.3 is 9.72 Å². The quantitative estimate of drug-likeness (QED) is 0.411. The summed E-state index contributed by atoms with van der Waals surface area (Å²) in [5.41, 5.74) is 6.46. The number of halogens is 1. The molecule has 6 aromatic rings. The normalized spacial score (nSPS) is 11.3. The second-order valence-electron chi connectivity index (χ2n) is 7.45. The summed E-state index contributed by atoms with van der Waals surface area (Å²) in [7, 11) is 1.50. The molecule has 160 valence electrons. The van der Waals surface area contributed by atoms with Gasteiger partial charge in [-0.05, 0) is 42.0 Å². The molecule has 1 aromatic carbocycles. The Kier molecular flexibility index (Phi) is 4.32. The lowest BCUT2D eigenvalue weighted by atomic mass is 10.1. The van der Waals surface area contributed by atoms with Crippen LogP contribution >= 0.6 is 0 Å². The van der Waals surface area contributed by atoms with Crippen LogP contribution in [0.5, 0.6) is 5.75 Å². The number of benzene rings is 1. The highest BCUT2D eigenvalue weighted by Crippen LogP contribution is 2.33. The van der Waals surface area contributed by atoms with Gasteiger partial charge >= 0.3 is 0 Å². The third-order valence-electron chi connectivity index (χ3n) is 5.42. The second kappa shape index (κ2) is 7.49. The number of H-pyrrole nitrogens is 2. The average molecular weight is 437 g/mol. The molecule has 0 radical (unpaired) electrons. The Hall–Kier alpha value is -4.66. The van der Waals surface area contributed by atoms with Gasteiger partial charge in [-0.25, -0.2) is 14.4 Å². The van der Waals surface area contributed by atoms with Crippen molar-refractivity contribution in [1.29, 1.82) is 0 Å². The van der Waals surface area contributed by atoms with Crippen LogP contribution in [0.15, 0.2) is 67.3 Å². The van der Waals surface area contributed by atoms with E-state index in [0.717, 1.165) is 16.8 Å². The molecule has 6 rings (SSSR count). The van der Waals surface area contributed by atoms with Crippen LogP contribution in [-0.4, -0.2) is 42.2 Å². The van der Waals surface area contributed by atoms with E-state index in [0.29, 0.717) is 44.9 Å². The number of fused-ring (bicyclic) bond motifs is 2. The van der Waals surface area contributed by atoms with Crippen molar-refractivity contribution in [3.63, 3.8) is 0 Å². The number of nitrogens with one attached hydrogen (secondary N) is 2. The largest absolute Gasteiger partial charge is 0.497 e. The minimum atomic E-state index is -0.400. The van der Waals surface area contributed by atoms with Crippen LogP contribution in [0, 0.1) is 5.82 Å². The summed E-state index contributed by atoms with van der Waals surface area (Å²) in [5, 5.41) is 7.46. The summed E-state index contributed by atoms with van der Waals surface area (Å²) in [5.74, 6) is 0.556. The summed E-state index contributed by atoms with van der Waals surface area (Å²) in [6.45, 7) is 0. The van der Waals surface area contributed by atoms with E-state index in [1.54, 1.807) is 30.9 Å². The van der Waals surface area contributed by atoms with Gasteiger partial charge in [0.2, 0.25) is 0 Å². The number of aromatic nitrogens is 7. The first-order valence-corrected chi connectivity index (χ1v) is 10.1. The number of pyridine rings is 3. The van der Waals surface area contributed by atoms with Gasteiger partial charge in [-0.3, -0.25) is 15.1 Å². The molecule has 0 atom stereocenters. The summed E-state index contributed by atoms with van der Waals surface area (Å²) in [4.78, 5) is 21.2. The summed E-state index contributed by atoms with van der Waals surface area (Å²) >= 11 is 0. The van der Waals surface area contributed by atoms with Crippen molar-refractivity contribution in [3.05, 3.63) is 73.1 Å². The van der Waals surface area contributed by atoms with Gasteiger partial charge in [-0.15, -0.1) is 0 Å². The second-order valence-corrected chi connectivity index (χ2v) is 7.45. The van der Waals surface area contributed by atoms with E-state index in [4.69, 9.17) is 14.7 Å². The number of methoxy groups -OCH3 is 1. The molecule has 0 aliphatic rings.